The van der Waals surface area contributed by atoms with Crippen LogP contribution in [-0.2, 0) is 11.3 Å². The molecule has 3 rings (SSSR count). The Bertz CT molecular complexity index is 972. The molecule has 1 fully saturated rings. The van der Waals surface area contributed by atoms with Crippen LogP contribution in [0.2, 0.25) is 0 Å². The lowest BCUT2D eigenvalue weighted by molar-refractivity contribution is -0.131. The van der Waals surface area contributed by atoms with Gasteiger partial charge in [-0.15, -0.1) is 0 Å². The van der Waals surface area contributed by atoms with Crippen LogP contribution in [0, 0.1) is 17.1 Å². The molecular formula is C24H29FN4O2. The van der Waals surface area contributed by atoms with E-state index >= 15 is 0 Å². The minimum atomic E-state index is -0.632. The van der Waals surface area contributed by atoms with E-state index in [4.69, 9.17) is 5.41 Å². The molecule has 0 spiro atoms. The first-order chi connectivity index (χ1) is 14.6. The summed E-state index contributed by atoms with van der Waals surface area (Å²) in [5, 5.41) is 14.2. The second kappa shape index (κ2) is 8.88. The Balaban J connectivity index is 1.74. The number of nitrogens with zero attached hydrogens (tertiary/aromatic N) is 1. The van der Waals surface area contributed by atoms with Crippen LogP contribution in [-0.4, -0.2) is 28.2 Å². The maximum absolute atomic E-state index is 14.4. The van der Waals surface area contributed by atoms with Gasteiger partial charge < -0.3 is 10.6 Å². The van der Waals surface area contributed by atoms with Gasteiger partial charge in [-0.3, -0.25) is 19.9 Å². The predicted molar refractivity (Wildman–Crippen MR) is 118 cm³/mol. The number of carbonyl (C=O) groups excluding carboxylic acids is 2. The molecule has 2 aromatic carbocycles. The number of nitrogens with one attached hydrogen (secondary N) is 3. The van der Waals surface area contributed by atoms with Crippen molar-refractivity contribution >= 4 is 17.8 Å². The number of hydrogen-bond donors (Lipinski definition) is 3. The third-order valence-corrected chi connectivity index (χ3v) is 6.03. The molecule has 31 heavy (non-hydrogen) atoms. The van der Waals surface area contributed by atoms with Gasteiger partial charge >= 0.3 is 0 Å². The van der Waals surface area contributed by atoms with Crippen molar-refractivity contribution in [3.8, 4) is 0 Å². The lowest BCUT2D eigenvalue weighted by Gasteiger charge is -2.43. The molecule has 2 amide bonds. The van der Waals surface area contributed by atoms with Crippen LogP contribution in [0.3, 0.4) is 0 Å². The lowest BCUT2D eigenvalue weighted by Crippen LogP contribution is -2.62. The van der Waals surface area contributed by atoms with Gasteiger partial charge in [0.2, 0.25) is 5.91 Å². The van der Waals surface area contributed by atoms with Crippen LogP contribution >= 0.6 is 0 Å². The van der Waals surface area contributed by atoms with Crippen LogP contribution in [0.25, 0.3) is 0 Å². The average Bonchev–Trinajstić information content (AvgIpc) is 2.72. The number of benzene rings is 2. The van der Waals surface area contributed by atoms with Crippen molar-refractivity contribution in [2.45, 2.75) is 52.2 Å². The summed E-state index contributed by atoms with van der Waals surface area (Å²) in [6.45, 7) is 7.86. The topological polar surface area (TPSA) is 85.3 Å². The van der Waals surface area contributed by atoms with Crippen LogP contribution in [0.5, 0.6) is 0 Å². The first-order valence-corrected chi connectivity index (χ1v) is 10.4. The number of hydrogen-bond acceptors (Lipinski definition) is 3. The van der Waals surface area contributed by atoms with E-state index < -0.39 is 17.3 Å². The molecule has 3 N–H and O–H groups in total. The first kappa shape index (κ1) is 22.5. The zero-order valence-electron chi connectivity index (χ0n) is 18.3. The maximum atomic E-state index is 14.4. The quantitative estimate of drug-likeness (QED) is 0.656. The fraction of sp³-hybridized carbons (Fsp3) is 0.375. The summed E-state index contributed by atoms with van der Waals surface area (Å²) in [5.74, 6) is -1.14. The summed E-state index contributed by atoms with van der Waals surface area (Å²) >= 11 is 0. The normalized spacial score (nSPS) is 19.9. The molecular weight excluding hydrogens is 395 g/mol. The largest absolute Gasteiger partial charge is 0.350 e. The van der Waals surface area contributed by atoms with Crippen LogP contribution in [0.1, 0.15) is 61.6 Å². The van der Waals surface area contributed by atoms with E-state index in [1.165, 1.54) is 23.1 Å². The van der Waals surface area contributed by atoms with Crippen molar-refractivity contribution in [1.29, 1.82) is 5.41 Å². The summed E-state index contributed by atoms with van der Waals surface area (Å²) in [5.41, 5.74) is 0.925. The molecule has 1 saturated heterocycles. The fourth-order valence-corrected chi connectivity index (χ4v) is 3.56. The van der Waals surface area contributed by atoms with E-state index in [1.807, 2.05) is 58.0 Å². The van der Waals surface area contributed by atoms with E-state index in [2.05, 4.69) is 10.6 Å². The Morgan fingerprint density at radius 3 is 2.52 bits per heavy atom. The van der Waals surface area contributed by atoms with E-state index in [-0.39, 0.29) is 42.4 Å². The van der Waals surface area contributed by atoms with Gasteiger partial charge in [0.15, 0.2) is 5.96 Å². The van der Waals surface area contributed by atoms with Crippen molar-refractivity contribution in [2.75, 3.05) is 0 Å². The molecule has 1 aliphatic rings. The molecule has 7 heteroatoms. The number of rotatable bonds is 6. The van der Waals surface area contributed by atoms with Gasteiger partial charge in [-0.25, -0.2) is 4.39 Å². The average molecular weight is 425 g/mol. The zero-order valence-corrected chi connectivity index (χ0v) is 18.3. The molecule has 0 aliphatic carbocycles. The van der Waals surface area contributed by atoms with Gasteiger partial charge in [-0.1, -0.05) is 50.2 Å². The van der Waals surface area contributed by atoms with Crippen LogP contribution in [0.4, 0.5) is 4.39 Å². The van der Waals surface area contributed by atoms with Crippen molar-refractivity contribution in [1.82, 2.24) is 15.5 Å². The molecule has 1 aliphatic heterocycles. The molecule has 0 radical (unpaired) electrons. The Hall–Kier alpha value is -3.22. The number of halogens is 1. The van der Waals surface area contributed by atoms with Gasteiger partial charge in [-0.05, 0) is 43.0 Å². The molecule has 0 aromatic heterocycles. The number of amides is 2. The highest BCUT2D eigenvalue weighted by atomic mass is 19.1. The Morgan fingerprint density at radius 1 is 1.23 bits per heavy atom. The van der Waals surface area contributed by atoms with Crippen molar-refractivity contribution < 1.29 is 14.0 Å². The SMILES string of the molecule is CC(C)[C@]1(C)CC(=O)N(Cc2ccc(F)c(C(=O)N[C@@H](C)c3ccccc3)c2)C(=N)N1. The summed E-state index contributed by atoms with van der Waals surface area (Å²) in [4.78, 5) is 26.7. The summed E-state index contributed by atoms with van der Waals surface area (Å²) < 4.78 is 14.4. The molecule has 6 nitrogen and oxygen atoms in total. The lowest BCUT2D eigenvalue weighted by atomic mass is 9.83. The maximum Gasteiger partial charge on any atom is 0.254 e. The molecule has 164 valence electrons. The second-order valence-electron chi connectivity index (χ2n) is 8.62. The van der Waals surface area contributed by atoms with E-state index in [1.54, 1.807) is 0 Å². The van der Waals surface area contributed by atoms with Crippen molar-refractivity contribution in [3.63, 3.8) is 0 Å². The Labute approximate surface area is 182 Å². The minimum Gasteiger partial charge on any atom is -0.350 e. The first-order valence-electron chi connectivity index (χ1n) is 10.4. The monoisotopic (exact) mass is 424 g/mol. The Morgan fingerprint density at radius 2 is 1.90 bits per heavy atom. The van der Waals surface area contributed by atoms with Crippen LogP contribution < -0.4 is 10.6 Å². The van der Waals surface area contributed by atoms with E-state index in [0.717, 1.165) is 5.56 Å². The molecule has 0 saturated carbocycles. The standard InChI is InChI=1S/C24H29FN4O2/c1-15(2)24(4)13-21(30)29(23(26)28-24)14-17-10-11-20(25)19(12-17)22(31)27-16(3)18-8-6-5-7-9-18/h5-12,15-16H,13-14H2,1-4H3,(H2,26,28)(H,27,31)/t16-,24-/m0/s1. The predicted octanol–water partition coefficient (Wildman–Crippen LogP) is 3.99. The Kier molecular flexibility index (Phi) is 6.43. The fourth-order valence-electron chi connectivity index (χ4n) is 3.56. The van der Waals surface area contributed by atoms with Gasteiger partial charge in [0.1, 0.15) is 5.82 Å². The molecule has 0 unspecified atom stereocenters. The van der Waals surface area contributed by atoms with Gasteiger partial charge in [0.25, 0.3) is 5.91 Å². The summed E-state index contributed by atoms with van der Waals surface area (Å²) in [6, 6.07) is 13.3. The van der Waals surface area contributed by atoms with Gasteiger partial charge in [-0.2, -0.15) is 0 Å². The highest BCUT2D eigenvalue weighted by Gasteiger charge is 2.40. The van der Waals surface area contributed by atoms with Crippen LogP contribution in [0.15, 0.2) is 48.5 Å². The molecule has 2 atom stereocenters. The molecule has 1 heterocycles. The van der Waals surface area contributed by atoms with E-state index in [0.29, 0.717) is 5.56 Å². The third-order valence-electron chi connectivity index (χ3n) is 6.03. The summed E-state index contributed by atoms with van der Waals surface area (Å²) in [7, 11) is 0. The van der Waals surface area contributed by atoms with Crippen molar-refractivity contribution in [3.05, 3.63) is 71.0 Å². The second-order valence-corrected chi connectivity index (χ2v) is 8.62. The van der Waals surface area contributed by atoms with Gasteiger partial charge in [0.05, 0.1) is 24.6 Å². The third kappa shape index (κ3) is 4.93. The zero-order chi connectivity index (χ0) is 22.8. The summed E-state index contributed by atoms with van der Waals surface area (Å²) in [6.07, 6.45) is 0.260. The number of carbonyl (C=O) groups is 2. The molecule has 0 bridgehead atoms. The smallest absolute Gasteiger partial charge is 0.254 e. The van der Waals surface area contributed by atoms with Gasteiger partial charge in [0, 0.05) is 5.54 Å². The molecule has 2 aromatic rings. The van der Waals surface area contributed by atoms with E-state index in [9.17, 15) is 14.0 Å². The highest BCUT2D eigenvalue weighted by Crippen LogP contribution is 2.26. The number of guanidine groups is 1. The minimum absolute atomic E-state index is 0.0143. The van der Waals surface area contributed by atoms with Crippen molar-refractivity contribution in [2.24, 2.45) is 5.92 Å². The highest BCUT2D eigenvalue weighted by molar-refractivity contribution is 5.99.